The Balaban J connectivity index is 2.17. The van der Waals surface area contributed by atoms with Gasteiger partial charge in [0, 0.05) is 29.6 Å². The van der Waals surface area contributed by atoms with Gasteiger partial charge in [0.1, 0.15) is 11.3 Å². The second-order valence-electron chi connectivity index (χ2n) is 5.45. The maximum absolute atomic E-state index is 5.94. The van der Waals surface area contributed by atoms with Crippen LogP contribution in [0.25, 0.3) is 11.2 Å². The molecule has 0 aromatic carbocycles. The molecule has 0 N–H and O–H groups in total. The van der Waals surface area contributed by atoms with Crippen LogP contribution in [0, 0.1) is 0 Å². The molecule has 1 aliphatic rings. The average molecular weight is 359 g/mol. The summed E-state index contributed by atoms with van der Waals surface area (Å²) in [6.07, 6.45) is 4.70. The van der Waals surface area contributed by atoms with Gasteiger partial charge in [-0.15, -0.1) is 11.6 Å². The first-order chi connectivity index (χ1) is 9.64. The fourth-order valence-corrected chi connectivity index (χ4v) is 3.39. The van der Waals surface area contributed by atoms with Gasteiger partial charge in [0.25, 0.3) is 0 Å². The van der Waals surface area contributed by atoms with E-state index in [4.69, 9.17) is 21.3 Å². The van der Waals surface area contributed by atoms with Crippen LogP contribution in [0.1, 0.15) is 25.6 Å². The second-order valence-corrected chi connectivity index (χ2v) is 6.75. The number of fused-ring (bicyclic) bond motifs is 1. The number of imidazole rings is 1. The summed E-state index contributed by atoms with van der Waals surface area (Å²) in [5, 5.41) is 0. The van der Waals surface area contributed by atoms with E-state index in [0.29, 0.717) is 12.5 Å². The van der Waals surface area contributed by atoms with E-state index < -0.39 is 0 Å². The molecule has 0 bridgehead atoms. The second kappa shape index (κ2) is 5.62. The van der Waals surface area contributed by atoms with Crippen molar-refractivity contribution < 1.29 is 4.74 Å². The van der Waals surface area contributed by atoms with Crippen LogP contribution in [0.4, 0.5) is 0 Å². The number of pyridine rings is 1. The lowest BCUT2D eigenvalue weighted by Gasteiger charge is -2.36. The van der Waals surface area contributed by atoms with Crippen molar-refractivity contribution in [1.29, 1.82) is 0 Å². The molecule has 0 spiro atoms. The molecule has 1 saturated heterocycles. The monoisotopic (exact) mass is 357 g/mol. The Bertz CT molecular complexity index is 622. The molecule has 0 amide bonds. The van der Waals surface area contributed by atoms with Crippen molar-refractivity contribution in [3.63, 3.8) is 0 Å². The molecule has 1 atom stereocenters. The van der Waals surface area contributed by atoms with Gasteiger partial charge in [-0.05, 0) is 41.8 Å². The van der Waals surface area contributed by atoms with E-state index in [0.717, 1.165) is 47.3 Å². The van der Waals surface area contributed by atoms with Gasteiger partial charge in [0.2, 0.25) is 0 Å². The van der Waals surface area contributed by atoms with E-state index in [1.54, 1.807) is 0 Å². The Kier molecular flexibility index (Phi) is 4.02. The quantitative estimate of drug-likeness (QED) is 0.788. The van der Waals surface area contributed by atoms with Gasteiger partial charge >= 0.3 is 0 Å². The van der Waals surface area contributed by atoms with Crippen LogP contribution < -0.4 is 0 Å². The lowest BCUT2D eigenvalue weighted by molar-refractivity contribution is 0.00997. The first-order valence-corrected chi connectivity index (χ1v) is 8.14. The molecular weight excluding hydrogens is 342 g/mol. The third kappa shape index (κ3) is 2.47. The minimum atomic E-state index is -0.0881. The molecule has 0 aliphatic carbocycles. The van der Waals surface area contributed by atoms with Gasteiger partial charge in [-0.2, -0.15) is 0 Å². The predicted molar refractivity (Wildman–Crippen MR) is 83.4 cm³/mol. The third-order valence-corrected chi connectivity index (χ3v) is 4.43. The first kappa shape index (κ1) is 14.3. The Labute approximate surface area is 131 Å². The Morgan fingerprint density at radius 1 is 1.55 bits per heavy atom. The van der Waals surface area contributed by atoms with Crippen LogP contribution in [0.15, 0.2) is 16.7 Å². The lowest BCUT2D eigenvalue weighted by Crippen LogP contribution is -2.40. The highest BCUT2D eigenvalue weighted by Gasteiger charge is 2.33. The van der Waals surface area contributed by atoms with Crippen LogP contribution >= 0.6 is 27.5 Å². The largest absolute Gasteiger partial charge is 0.379 e. The average Bonchev–Trinajstić information content (AvgIpc) is 2.77. The summed E-state index contributed by atoms with van der Waals surface area (Å²) in [6.45, 7) is 3.76. The van der Waals surface area contributed by atoms with E-state index in [1.165, 1.54) is 0 Å². The van der Waals surface area contributed by atoms with Crippen LogP contribution in [0.3, 0.4) is 0 Å². The minimum absolute atomic E-state index is 0.0881. The number of alkyl halides is 1. The number of halogens is 2. The van der Waals surface area contributed by atoms with Crippen molar-refractivity contribution in [2.45, 2.75) is 31.7 Å². The van der Waals surface area contributed by atoms with Crippen LogP contribution in [0.5, 0.6) is 0 Å². The maximum atomic E-state index is 5.94. The summed E-state index contributed by atoms with van der Waals surface area (Å²) in [7, 11) is 0. The summed E-state index contributed by atoms with van der Waals surface area (Å²) in [4.78, 5) is 9.27. The van der Waals surface area contributed by atoms with Crippen molar-refractivity contribution in [3.05, 3.63) is 22.6 Å². The summed E-state index contributed by atoms with van der Waals surface area (Å²) in [5.74, 6) is 1.55. The molecule has 3 rings (SSSR count). The van der Waals surface area contributed by atoms with Crippen LogP contribution in [-0.2, 0) is 16.7 Å². The number of ether oxygens (including phenoxy) is 1. The normalized spacial score (nSPS) is 23.4. The summed E-state index contributed by atoms with van der Waals surface area (Å²) < 4.78 is 8.87. The number of aromatic nitrogens is 3. The molecule has 1 fully saturated rings. The number of nitrogens with zero attached hydrogens (tertiary/aromatic N) is 3. The molecule has 20 heavy (non-hydrogen) atoms. The topological polar surface area (TPSA) is 39.9 Å². The van der Waals surface area contributed by atoms with Crippen molar-refractivity contribution in [3.8, 4) is 0 Å². The molecule has 6 heteroatoms. The minimum Gasteiger partial charge on any atom is -0.379 e. The fraction of sp³-hybridized carbons (Fsp3) is 0.571. The van der Waals surface area contributed by atoms with Gasteiger partial charge < -0.3 is 9.30 Å². The van der Waals surface area contributed by atoms with Crippen molar-refractivity contribution in [2.75, 3.05) is 19.1 Å². The number of hydrogen-bond donors (Lipinski definition) is 0. The van der Waals surface area contributed by atoms with E-state index in [-0.39, 0.29) is 5.54 Å². The van der Waals surface area contributed by atoms with E-state index >= 15 is 0 Å². The summed E-state index contributed by atoms with van der Waals surface area (Å²) >= 11 is 9.39. The SMILES string of the molecule is CC1(n2c(CCCl)nc3cc(Br)cnc32)CCCOC1. The highest BCUT2D eigenvalue weighted by molar-refractivity contribution is 9.10. The third-order valence-electron chi connectivity index (χ3n) is 3.81. The van der Waals surface area contributed by atoms with E-state index in [2.05, 4.69) is 32.4 Å². The molecular formula is C14H17BrClN3O. The Morgan fingerprint density at radius 3 is 3.10 bits per heavy atom. The Hall–Kier alpha value is -0.650. The highest BCUT2D eigenvalue weighted by atomic mass is 79.9. The van der Waals surface area contributed by atoms with Gasteiger partial charge in [-0.25, -0.2) is 9.97 Å². The predicted octanol–water partition coefficient (Wildman–Crippen LogP) is 3.50. The lowest BCUT2D eigenvalue weighted by atomic mass is 9.94. The van der Waals surface area contributed by atoms with Crippen molar-refractivity contribution in [2.24, 2.45) is 0 Å². The van der Waals surface area contributed by atoms with Gasteiger partial charge in [0.15, 0.2) is 5.65 Å². The Morgan fingerprint density at radius 2 is 2.40 bits per heavy atom. The summed E-state index contributed by atoms with van der Waals surface area (Å²) in [5.41, 5.74) is 1.74. The van der Waals surface area contributed by atoms with Crippen LogP contribution in [-0.4, -0.2) is 33.6 Å². The number of rotatable bonds is 3. The van der Waals surface area contributed by atoms with Gasteiger partial charge in [-0.3, -0.25) is 0 Å². The smallest absolute Gasteiger partial charge is 0.160 e. The van der Waals surface area contributed by atoms with E-state index in [1.807, 2.05) is 12.3 Å². The number of aryl methyl sites for hydroxylation is 1. The molecule has 0 saturated carbocycles. The molecule has 4 nitrogen and oxygen atoms in total. The van der Waals surface area contributed by atoms with Crippen LogP contribution in [0.2, 0.25) is 0 Å². The highest BCUT2D eigenvalue weighted by Crippen LogP contribution is 2.32. The number of hydrogen-bond acceptors (Lipinski definition) is 3. The maximum Gasteiger partial charge on any atom is 0.160 e. The zero-order valence-electron chi connectivity index (χ0n) is 11.4. The molecule has 2 aromatic rings. The van der Waals surface area contributed by atoms with E-state index in [9.17, 15) is 0 Å². The van der Waals surface area contributed by atoms with Crippen molar-refractivity contribution >= 4 is 38.7 Å². The standard InChI is InChI=1S/C14H17BrClN3O/c1-14(4-2-6-20-9-14)19-12(3-5-16)18-11-7-10(15)8-17-13(11)19/h7-8H,2-6,9H2,1H3. The zero-order valence-corrected chi connectivity index (χ0v) is 13.7. The molecule has 3 heterocycles. The molecule has 1 unspecified atom stereocenters. The molecule has 2 aromatic heterocycles. The molecule has 0 radical (unpaired) electrons. The van der Waals surface area contributed by atoms with Crippen molar-refractivity contribution in [1.82, 2.24) is 14.5 Å². The molecule has 1 aliphatic heterocycles. The zero-order chi connectivity index (χ0) is 14.2. The first-order valence-electron chi connectivity index (χ1n) is 6.81. The summed E-state index contributed by atoms with van der Waals surface area (Å²) in [6, 6.07) is 2.00. The van der Waals surface area contributed by atoms with Gasteiger partial charge in [0.05, 0.1) is 12.1 Å². The fourth-order valence-electron chi connectivity index (χ4n) is 2.90. The molecule has 108 valence electrons. The van der Waals surface area contributed by atoms with Gasteiger partial charge in [-0.1, -0.05) is 0 Å².